The molecule has 3 atom stereocenters. The molecular formula is C10H19NO7. The molecule has 0 spiro atoms. The molecule has 0 unspecified atom stereocenters. The summed E-state index contributed by atoms with van der Waals surface area (Å²) < 4.78 is 0. The molecule has 0 heterocycles. The Bertz CT molecular complexity index is 280. The van der Waals surface area contributed by atoms with E-state index in [0.717, 1.165) is 0 Å². The molecule has 0 rings (SSSR count). The lowest BCUT2D eigenvalue weighted by atomic mass is 10.1. The van der Waals surface area contributed by atoms with Crippen LogP contribution >= 0.6 is 0 Å². The molecular weight excluding hydrogens is 246 g/mol. The van der Waals surface area contributed by atoms with Crippen LogP contribution in [-0.4, -0.2) is 68.7 Å². The predicted molar refractivity (Wildman–Crippen MR) is 61.2 cm³/mol. The van der Waals surface area contributed by atoms with Gasteiger partial charge in [0.2, 0.25) is 5.91 Å². The topological polar surface area (TPSA) is 161 Å². The van der Waals surface area contributed by atoms with Crippen molar-refractivity contribution in [2.45, 2.75) is 25.2 Å². The quantitative estimate of drug-likeness (QED) is 0.274. The van der Waals surface area contributed by atoms with Gasteiger partial charge in [0.25, 0.3) is 0 Å². The van der Waals surface area contributed by atoms with Crippen LogP contribution in [0.1, 0.15) is 6.92 Å². The van der Waals surface area contributed by atoms with E-state index in [-0.39, 0.29) is 0 Å². The fraction of sp³-hybridized carbons (Fsp3) is 0.600. The normalized spacial score (nSPS) is 14.8. The maximum atomic E-state index is 10.5. The molecule has 0 aliphatic rings. The van der Waals surface area contributed by atoms with Gasteiger partial charge >= 0.3 is 0 Å². The summed E-state index contributed by atoms with van der Waals surface area (Å²) >= 11 is 0. The fourth-order valence-corrected chi connectivity index (χ4v) is 0.602. The van der Waals surface area contributed by atoms with Gasteiger partial charge in [-0.05, 0) is 6.92 Å². The second-order valence-electron chi connectivity index (χ2n) is 3.45. The average molecular weight is 265 g/mol. The molecule has 106 valence electrons. The van der Waals surface area contributed by atoms with Crippen molar-refractivity contribution in [3.05, 3.63) is 12.2 Å². The monoisotopic (exact) mass is 265 g/mol. The smallest absolute Gasteiger partial charge is 0.243 e. The van der Waals surface area contributed by atoms with Gasteiger partial charge in [-0.15, -0.1) is 0 Å². The van der Waals surface area contributed by atoms with Gasteiger partial charge in [0.1, 0.15) is 24.9 Å². The van der Waals surface area contributed by atoms with Crippen LogP contribution in [0, 0.1) is 0 Å². The zero-order valence-corrected chi connectivity index (χ0v) is 9.98. The molecule has 0 bridgehead atoms. The molecule has 0 fully saturated rings. The number of aliphatic hydroxyl groups is 5. The van der Waals surface area contributed by atoms with Crippen molar-refractivity contribution in [3.8, 4) is 0 Å². The number of aliphatic hydroxyl groups excluding tert-OH is 5. The van der Waals surface area contributed by atoms with Crippen molar-refractivity contribution < 1.29 is 35.1 Å². The van der Waals surface area contributed by atoms with Gasteiger partial charge in [-0.2, -0.15) is 0 Å². The zero-order valence-electron chi connectivity index (χ0n) is 9.98. The van der Waals surface area contributed by atoms with Crippen LogP contribution < -0.4 is 5.73 Å². The Hall–Kier alpha value is -1.32. The molecule has 8 nitrogen and oxygen atoms in total. The van der Waals surface area contributed by atoms with Crippen molar-refractivity contribution in [3.63, 3.8) is 0 Å². The molecule has 0 aromatic rings. The first-order valence-corrected chi connectivity index (χ1v) is 4.92. The standard InChI is InChI=1S/C6H12O6.C4H7NO/c7-1-3(9)5(11)6(12)4(10)2-8;1-3(2)4(5)6/h3,5-9,11-12H,1-2H2;1H2,2H3,(H2,5,6)/t3-,5-,6+;/m1./s1. The van der Waals surface area contributed by atoms with Crippen LogP contribution in [-0.2, 0) is 9.59 Å². The summed E-state index contributed by atoms with van der Waals surface area (Å²) in [5.41, 5.74) is 5.09. The number of ketones is 1. The number of carbonyl (C=O) groups is 2. The van der Waals surface area contributed by atoms with Crippen LogP contribution in [0.15, 0.2) is 12.2 Å². The first-order chi connectivity index (χ1) is 8.18. The third-order valence-corrected chi connectivity index (χ3v) is 1.81. The van der Waals surface area contributed by atoms with Crippen LogP contribution in [0.5, 0.6) is 0 Å². The molecule has 0 saturated heterocycles. The summed E-state index contributed by atoms with van der Waals surface area (Å²) in [6, 6.07) is 0. The first kappa shape index (κ1) is 19.0. The maximum absolute atomic E-state index is 10.5. The highest BCUT2D eigenvalue weighted by Crippen LogP contribution is 2.00. The lowest BCUT2D eigenvalue weighted by molar-refractivity contribution is -0.142. The predicted octanol–water partition coefficient (Wildman–Crippen LogP) is -3.33. The van der Waals surface area contributed by atoms with Crippen LogP contribution in [0.2, 0.25) is 0 Å². The van der Waals surface area contributed by atoms with Crippen molar-refractivity contribution in [1.29, 1.82) is 0 Å². The summed E-state index contributed by atoms with van der Waals surface area (Å²) in [4.78, 5) is 20.3. The Morgan fingerprint density at radius 1 is 1.22 bits per heavy atom. The summed E-state index contributed by atoms with van der Waals surface area (Å²) in [7, 11) is 0. The maximum Gasteiger partial charge on any atom is 0.243 e. The van der Waals surface area contributed by atoms with E-state index in [1.165, 1.54) is 0 Å². The summed E-state index contributed by atoms with van der Waals surface area (Å²) in [5, 5.41) is 43.1. The fourth-order valence-electron chi connectivity index (χ4n) is 0.602. The SMILES string of the molecule is C=C(C)C(N)=O.O=C(CO)[C@H](O)[C@H](O)[C@H](O)CO. The number of rotatable bonds is 6. The van der Waals surface area contributed by atoms with Gasteiger partial charge in [0, 0.05) is 5.57 Å². The van der Waals surface area contributed by atoms with E-state index in [1.807, 2.05) is 0 Å². The Kier molecular flexibility index (Phi) is 10.2. The molecule has 0 aromatic carbocycles. The third-order valence-electron chi connectivity index (χ3n) is 1.81. The Morgan fingerprint density at radius 3 is 1.83 bits per heavy atom. The van der Waals surface area contributed by atoms with Crippen molar-refractivity contribution in [2.75, 3.05) is 13.2 Å². The molecule has 8 heteroatoms. The number of nitrogens with two attached hydrogens (primary N) is 1. The van der Waals surface area contributed by atoms with Crippen LogP contribution in [0.4, 0.5) is 0 Å². The van der Waals surface area contributed by atoms with E-state index in [9.17, 15) is 9.59 Å². The highest BCUT2D eigenvalue weighted by molar-refractivity contribution is 5.90. The third kappa shape index (κ3) is 7.87. The number of hydrogen-bond acceptors (Lipinski definition) is 7. The van der Waals surface area contributed by atoms with E-state index in [1.54, 1.807) is 6.92 Å². The molecule has 0 saturated carbocycles. The number of carbonyl (C=O) groups excluding carboxylic acids is 2. The molecule has 18 heavy (non-hydrogen) atoms. The Morgan fingerprint density at radius 2 is 1.61 bits per heavy atom. The van der Waals surface area contributed by atoms with E-state index in [0.29, 0.717) is 5.57 Å². The van der Waals surface area contributed by atoms with Gasteiger partial charge in [0.05, 0.1) is 6.61 Å². The van der Waals surface area contributed by atoms with Crippen molar-refractivity contribution in [2.24, 2.45) is 5.73 Å². The Labute approximate surface area is 104 Å². The molecule has 0 radical (unpaired) electrons. The number of primary amides is 1. The van der Waals surface area contributed by atoms with E-state index < -0.39 is 43.2 Å². The minimum absolute atomic E-state index is 0.398. The molecule has 0 aromatic heterocycles. The van der Waals surface area contributed by atoms with E-state index in [2.05, 4.69) is 6.58 Å². The van der Waals surface area contributed by atoms with Crippen molar-refractivity contribution >= 4 is 11.7 Å². The van der Waals surface area contributed by atoms with Gasteiger partial charge < -0.3 is 31.3 Å². The second kappa shape index (κ2) is 9.68. The zero-order chi connectivity index (χ0) is 14.9. The number of Topliss-reactive ketones (excluding diaryl/α,β-unsaturated/α-hetero) is 1. The number of hydrogen-bond donors (Lipinski definition) is 6. The number of amides is 1. The second-order valence-corrected chi connectivity index (χ2v) is 3.45. The lowest BCUT2D eigenvalue weighted by Crippen LogP contribution is -2.44. The van der Waals surface area contributed by atoms with Gasteiger partial charge in [-0.1, -0.05) is 6.58 Å². The van der Waals surface area contributed by atoms with E-state index >= 15 is 0 Å². The summed E-state index contributed by atoms with van der Waals surface area (Å²) in [6.07, 6.45) is -5.22. The minimum Gasteiger partial charge on any atom is -0.394 e. The molecule has 0 aliphatic heterocycles. The minimum atomic E-state index is -1.86. The van der Waals surface area contributed by atoms with Gasteiger partial charge in [0.15, 0.2) is 5.78 Å². The molecule has 7 N–H and O–H groups in total. The van der Waals surface area contributed by atoms with Crippen LogP contribution in [0.3, 0.4) is 0 Å². The Balaban J connectivity index is 0. The van der Waals surface area contributed by atoms with E-state index in [4.69, 9.17) is 31.3 Å². The lowest BCUT2D eigenvalue weighted by Gasteiger charge is -2.19. The largest absolute Gasteiger partial charge is 0.394 e. The highest BCUT2D eigenvalue weighted by atomic mass is 16.4. The summed E-state index contributed by atoms with van der Waals surface area (Å²) in [6.45, 7) is 3.16. The highest BCUT2D eigenvalue weighted by Gasteiger charge is 2.28. The van der Waals surface area contributed by atoms with Crippen molar-refractivity contribution in [1.82, 2.24) is 0 Å². The van der Waals surface area contributed by atoms with Gasteiger partial charge in [-0.25, -0.2) is 0 Å². The van der Waals surface area contributed by atoms with Crippen LogP contribution in [0.25, 0.3) is 0 Å². The first-order valence-electron chi connectivity index (χ1n) is 4.92. The summed E-state index contributed by atoms with van der Waals surface area (Å²) in [5.74, 6) is -1.44. The van der Waals surface area contributed by atoms with Gasteiger partial charge in [-0.3, -0.25) is 9.59 Å². The molecule has 1 amide bonds. The average Bonchev–Trinajstić information content (AvgIpc) is 2.35. The molecule has 0 aliphatic carbocycles.